The lowest BCUT2D eigenvalue weighted by Crippen LogP contribution is -2.12. The molecule has 0 aliphatic rings. The van der Waals surface area contributed by atoms with E-state index in [1.807, 2.05) is 43.5 Å². The van der Waals surface area contributed by atoms with Gasteiger partial charge in [-0.05, 0) is 43.5 Å². The third kappa shape index (κ3) is 3.34. The van der Waals surface area contributed by atoms with Gasteiger partial charge in [-0.3, -0.25) is 4.79 Å². The number of benzene rings is 1. The highest BCUT2D eigenvalue weighted by atomic mass is 16.1. The number of nitrogens with zero attached hydrogens (tertiary/aromatic N) is 1. The largest absolute Gasteiger partial charge is 0.361 e. The number of H-pyrrole nitrogens is 1. The summed E-state index contributed by atoms with van der Waals surface area (Å²) in [7, 11) is 0. The van der Waals surface area contributed by atoms with E-state index in [9.17, 15) is 4.79 Å². The molecule has 4 heteroatoms. The quantitative estimate of drug-likeness (QED) is 0.751. The second kappa shape index (κ2) is 6.43. The van der Waals surface area contributed by atoms with Crippen molar-refractivity contribution in [3.63, 3.8) is 0 Å². The standard InChI is InChI=1S/C18H19N3O/c1-13-6-4-10-17(20-13)21-18(22)11-5-7-14-12-19-16-9-3-2-8-15(14)16/h2-4,6,8-10,12,19H,5,7,11H2,1H3,(H,20,21,22). The molecule has 0 saturated carbocycles. The predicted molar refractivity (Wildman–Crippen MR) is 88.8 cm³/mol. The predicted octanol–water partition coefficient (Wildman–Crippen LogP) is 3.83. The van der Waals surface area contributed by atoms with E-state index in [2.05, 4.69) is 27.4 Å². The Hall–Kier alpha value is -2.62. The molecule has 0 aliphatic heterocycles. The van der Waals surface area contributed by atoms with Crippen molar-refractivity contribution in [3.05, 3.63) is 59.9 Å². The number of nitrogens with one attached hydrogen (secondary N) is 2. The Morgan fingerprint density at radius 1 is 1.18 bits per heavy atom. The Morgan fingerprint density at radius 3 is 2.91 bits per heavy atom. The second-order valence-corrected chi connectivity index (χ2v) is 5.43. The van der Waals surface area contributed by atoms with Crippen LogP contribution < -0.4 is 5.32 Å². The molecule has 0 unspecified atom stereocenters. The number of carbonyl (C=O) groups excluding carboxylic acids is 1. The fourth-order valence-electron chi connectivity index (χ4n) is 2.60. The van der Waals surface area contributed by atoms with Crippen LogP contribution in [0.5, 0.6) is 0 Å². The van der Waals surface area contributed by atoms with Crippen LogP contribution in [0.4, 0.5) is 5.82 Å². The summed E-state index contributed by atoms with van der Waals surface area (Å²) in [5.74, 6) is 0.634. The number of hydrogen-bond donors (Lipinski definition) is 2. The van der Waals surface area contributed by atoms with Crippen LogP contribution in [0.25, 0.3) is 10.9 Å². The van der Waals surface area contributed by atoms with Crippen molar-refractivity contribution in [2.45, 2.75) is 26.2 Å². The van der Waals surface area contributed by atoms with E-state index in [4.69, 9.17) is 0 Å². The van der Waals surface area contributed by atoms with Gasteiger partial charge < -0.3 is 10.3 Å². The highest BCUT2D eigenvalue weighted by molar-refractivity contribution is 5.89. The highest BCUT2D eigenvalue weighted by Crippen LogP contribution is 2.19. The Morgan fingerprint density at radius 2 is 2.05 bits per heavy atom. The van der Waals surface area contributed by atoms with Crippen molar-refractivity contribution >= 4 is 22.6 Å². The number of pyridine rings is 1. The van der Waals surface area contributed by atoms with Crippen LogP contribution in [-0.2, 0) is 11.2 Å². The maximum Gasteiger partial charge on any atom is 0.225 e. The number of para-hydroxylation sites is 1. The summed E-state index contributed by atoms with van der Waals surface area (Å²) in [6, 6.07) is 13.8. The van der Waals surface area contributed by atoms with Crippen molar-refractivity contribution in [2.24, 2.45) is 0 Å². The molecule has 0 atom stereocenters. The average Bonchev–Trinajstić information content (AvgIpc) is 2.91. The summed E-state index contributed by atoms with van der Waals surface area (Å²) >= 11 is 0. The first-order valence-corrected chi connectivity index (χ1v) is 7.51. The molecule has 0 aliphatic carbocycles. The van der Waals surface area contributed by atoms with E-state index in [-0.39, 0.29) is 5.91 Å². The SMILES string of the molecule is Cc1cccc(NC(=O)CCCc2c[nH]c3ccccc23)n1. The number of amides is 1. The molecule has 0 radical (unpaired) electrons. The Bertz CT molecular complexity index is 792. The second-order valence-electron chi connectivity index (χ2n) is 5.43. The average molecular weight is 293 g/mol. The summed E-state index contributed by atoms with van der Waals surface area (Å²) in [5, 5.41) is 4.08. The van der Waals surface area contributed by atoms with Gasteiger partial charge in [-0.2, -0.15) is 0 Å². The third-order valence-electron chi connectivity index (χ3n) is 3.68. The minimum Gasteiger partial charge on any atom is -0.361 e. The van der Waals surface area contributed by atoms with E-state index in [0.717, 1.165) is 24.1 Å². The van der Waals surface area contributed by atoms with Crippen LogP contribution in [0.3, 0.4) is 0 Å². The number of aryl methyl sites for hydroxylation is 2. The van der Waals surface area contributed by atoms with Gasteiger partial charge in [0.1, 0.15) is 5.82 Å². The number of carbonyl (C=O) groups is 1. The zero-order chi connectivity index (χ0) is 15.4. The fraction of sp³-hybridized carbons (Fsp3) is 0.222. The number of aromatic amines is 1. The van der Waals surface area contributed by atoms with Gasteiger partial charge in [-0.15, -0.1) is 0 Å². The summed E-state index contributed by atoms with van der Waals surface area (Å²) in [5.41, 5.74) is 3.31. The van der Waals surface area contributed by atoms with Crippen LogP contribution in [0.15, 0.2) is 48.7 Å². The lowest BCUT2D eigenvalue weighted by atomic mass is 10.1. The van der Waals surface area contributed by atoms with Gasteiger partial charge in [0, 0.05) is 29.2 Å². The van der Waals surface area contributed by atoms with Crippen LogP contribution in [-0.4, -0.2) is 15.9 Å². The van der Waals surface area contributed by atoms with Gasteiger partial charge >= 0.3 is 0 Å². The number of rotatable bonds is 5. The van der Waals surface area contributed by atoms with Crippen molar-refractivity contribution in [3.8, 4) is 0 Å². The summed E-state index contributed by atoms with van der Waals surface area (Å²) in [4.78, 5) is 19.5. The molecule has 4 nitrogen and oxygen atoms in total. The molecule has 2 aromatic heterocycles. The monoisotopic (exact) mass is 293 g/mol. The molecule has 3 aromatic rings. The van der Waals surface area contributed by atoms with Gasteiger partial charge in [0.2, 0.25) is 5.91 Å². The van der Waals surface area contributed by atoms with Crippen LogP contribution in [0.2, 0.25) is 0 Å². The molecule has 1 amide bonds. The summed E-state index contributed by atoms with van der Waals surface area (Å²) in [6.07, 6.45) is 4.23. The van der Waals surface area contributed by atoms with E-state index in [0.29, 0.717) is 12.2 Å². The molecule has 112 valence electrons. The smallest absolute Gasteiger partial charge is 0.225 e. The normalized spacial score (nSPS) is 10.8. The summed E-state index contributed by atoms with van der Waals surface area (Å²) < 4.78 is 0. The maximum absolute atomic E-state index is 12.0. The molecule has 0 spiro atoms. The molecule has 0 bridgehead atoms. The lowest BCUT2D eigenvalue weighted by Gasteiger charge is -2.05. The van der Waals surface area contributed by atoms with Crippen molar-refractivity contribution < 1.29 is 4.79 Å². The molecule has 0 fully saturated rings. The number of aromatic nitrogens is 2. The first-order chi connectivity index (χ1) is 10.7. The van der Waals surface area contributed by atoms with Crippen molar-refractivity contribution in [1.82, 2.24) is 9.97 Å². The van der Waals surface area contributed by atoms with E-state index < -0.39 is 0 Å². The maximum atomic E-state index is 12.0. The first-order valence-electron chi connectivity index (χ1n) is 7.51. The van der Waals surface area contributed by atoms with Gasteiger partial charge in [0.05, 0.1) is 0 Å². The van der Waals surface area contributed by atoms with Gasteiger partial charge in [-0.1, -0.05) is 24.3 Å². The minimum absolute atomic E-state index is 0.0120. The van der Waals surface area contributed by atoms with Gasteiger partial charge in [-0.25, -0.2) is 4.98 Å². The number of hydrogen-bond acceptors (Lipinski definition) is 2. The molecule has 1 aromatic carbocycles. The Balaban J connectivity index is 1.53. The topological polar surface area (TPSA) is 57.8 Å². The fourth-order valence-corrected chi connectivity index (χ4v) is 2.60. The van der Waals surface area contributed by atoms with Crippen molar-refractivity contribution in [2.75, 3.05) is 5.32 Å². The summed E-state index contributed by atoms with van der Waals surface area (Å²) in [6.45, 7) is 1.91. The molecule has 2 N–H and O–H groups in total. The highest BCUT2D eigenvalue weighted by Gasteiger charge is 2.06. The van der Waals surface area contributed by atoms with Crippen LogP contribution in [0.1, 0.15) is 24.1 Å². The zero-order valence-electron chi connectivity index (χ0n) is 12.6. The lowest BCUT2D eigenvalue weighted by molar-refractivity contribution is -0.116. The Labute approximate surface area is 129 Å². The van der Waals surface area contributed by atoms with Gasteiger partial charge in [0.15, 0.2) is 0 Å². The molecular formula is C18H19N3O. The third-order valence-corrected chi connectivity index (χ3v) is 3.68. The van der Waals surface area contributed by atoms with E-state index in [1.165, 1.54) is 10.9 Å². The molecule has 2 heterocycles. The first kappa shape index (κ1) is 14.3. The van der Waals surface area contributed by atoms with Gasteiger partial charge in [0.25, 0.3) is 0 Å². The Kier molecular flexibility index (Phi) is 4.19. The molecule has 3 rings (SSSR count). The number of fused-ring (bicyclic) bond motifs is 1. The molecular weight excluding hydrogens is 274 g/mol. The number of anilines is 1. The van der Waals surface area contributed by atoms with Crippen LogP contribution in [0, 0.1) is 6.92 Å². The van der Waals surface area contributed by atoms with E-state index >= 15 is 0 Å². The van der Waals surface area contributed by atoms with E-state index in [1.54, 1.807) is 0 Å². The van der Waals surface area contributed by atoms with Crippen LogP contribution >= 0.6 is 0 Å². The van der Waals surface area contributed by atoms with Crippen molar-refractivity contribution in [1.29, 1.82) is 0 Å². The molecule has 22 heavy (non-hydrogen) atoms. The zero-order valence-corrected chi connectivity index (χ0v) is 12.6. The molecule has 0 saturated heterocycles. The minimum atomic E-state index is 0.0120.